The molecule has 1 aromatic carbocycles. The zero-order valence-electron chi connectivity index (χ0n) is 19.7. The quantitative estimate of drug-likeness (QED) is 0.310. The first-order valence-electron chi connectivity index (χ1n) is 10.5. The Morgan fingerprint density at radius 1 is 1.13 bits per heavy atom. The molecule has 0 atom stereocenters. The highest BCUT2D eigenvalue weighted by Gasteiger charge is 2.21. The first kappa shape index (κ1) is 27.3. The standard InChI is InChI=1S/C22H37N5O3.HI/c1-7-23-21(24-15-20(28)25-22(2,3)4)27-12-10-26(11-13-27)16-17-14-18(29-5)8-9-19(17)30-6;/h8-9,14H,7,10-13,15-16H2,1-6H3,(H,23,24)(H,25,28);1H. The molecule has 1 amide bonds. The Morgan fingerprint density at radius 3 is 2.35 bits per heavy atom. The van der Waals surface area contributed by atoms with Crippen LogP contribution in [-0.4, -0.2) is 80.7 Å². The molecule has 0 radical (unpaired) electrons. The van der Waals surface area contributed by atoms with Crippen LogP contribution in [0.4, 0.5) is 0 Å². The molecule has 0 aromatic heterocycles. The summed E-state index contributed by atoms with van der Waals surface area (Å²) < 4.78 is 10.9. The number of guanidine groups is 1. The predicted molar refractivity (Wildman–Crippen MR) is 136 cm³/mol. The van der Waals surface area contributed by atoms with Crippen molar-refractivity contribution in [2.24, 2.45) is 4.99 Å². The SMILES string of the molecule is CCNC(=NCC(=O)NC(C)(C)C)N1CCN(Cc2cc(OC)ccc2OC)CC1.I. The number of rotatable bonds is 7. The third kappa shape index (κ3) is 9.10. The molecular formula is C22H38IN5O3. The van der Waals surface area contributed by atoms with Crippen LogP contribution in [0.15, 0.2) is 23.2 Å². The van der Waals surface area contributed by atoms with Gasteiger partial charge in [0, 0.05) is 50.4 Å². The van der Waals surface area contributed by atoms with E-state index >= 15 is 0 Å². The van der Waals surface area contributed by atoms with Crippen molar-refractivity contribution in [1.29, 1.82) is 0 Å². The summed E-state index contributed by atoms with van der Waals surface area (Å²) in [6.45, 7) is 13.1. The van der Waals surface area contributed by atoms with E-state index in [9.17, 15) is 4.79 Å². The van der Waals surface area contributed by atoms with E-state index in [-0.39, 0.29) is 42.0 Å². The van der Waals surface area contributed by atoms with Crippen LogP contribution in [0, 0.1) is 0 Å². The molecular weight excluding hydrogens is 509 g/mol. The number of ether oxygens (including phenoxy) is 2. The fraction of sp³-hybridized carbons (Fsp3) is 0.636. The van der Waals surface area contributed by atoms with Gasteiger partial charge >= 0.3 is 0 Å². The molecule has 2 N–H and O–H groups in total. The molecule has 0 saturated carbocycles. The van der Waals surface area contributed by atoms with Crippen molar-refractivity contribution < 1.29 is 14.3 Å². The number of hydrogen-bond donors (Lipinski definition) is 2. The second-order valence-corrected chi connectivity index (χ2v) is 8.41. The van der Waals surface area contributed by atoms with Gasteiger partial charge in [-0.3, -0.25) is 9.69 Å². The number of nitrogens with zero attached hydrogens (tertiary/aromatic N) is 3. The first-order chi connectivity index (χ1) is 14.3. The molecule has 1 aliphatic rings. The third-order valence-electron chi connectivity index (χ3n) is 4.78. The highest BCUT2D eigenvalue weighted by atomic mass is 127. The number of carbonyl (C=O) groups is 1. The number of halogens is 1. The number of benzene rings is 1. The highest BCUT2D eigenvalue weighted by Crippen LogP contribution is 2.25. The minimum atomic E-state index is -0.252. The van der Waals surface area contributed by atoms with Gasteiger partial charge in [0.05, 0.1) is 14.2 Å². The van der Waals surface area contributed by atoms with E-state index in [0.29, 0.717) is 0 Å². The topological polar surface area (TPSA) is 78.4 Å². The smallest absolute Gasteiger partial charge is 0.242 e. The summed E-state index contributed by atoms with van der Waals surface area (Å²) in [4.78, 5) is 21.3. The van der Waals surface area contributed by atoms with Crippen LogP contribution in [0.2, 0.25) is 0 Å². The van der Waals surface area contributed by atoms with E-state index in [4.69, 9.17) is 9.47 Å². The normalized spacial score (nSPS) is 15.2. The molecule has 0 bridgehead atoms. The van der Waals surface area contributed by atoms with Gasteiger partial charge in [-0.1, -0.05) is 0 Å². The molecule has 1 aliphatic heterocycles. The maximum absolute atomic E-state index is 12.1. The minimum absolute atomic E-state index is 0. The van der Waals surface area contributed by atoms with E-state index in [0.717, 1.165) is 62.3 Å². The van der Waals surface area contributed by atoms with Gasteiger partial charge in [0.1, 0.15) is 18.0 Å². The Balaban J connectivity index is 0.00000480. The molecule has 2 rings (SSSR count). The minimum Gasteiger partial charge on any atom is -0.497 e. The van der Waals surface area contributed by atoms with Crippen LogP contribution in [0.5, 0.6) is 11.5 Å². The Labute approximate surface area is 203 Å². The van der Waals surface area contributed by atoms with Crippen molar-refractivity contribution in [2.75, 3.05) is 53.5 Å². The summed E-state index contributed by atoms with van der Waals surface area (Å²) >= 11 is 0. The number of methoxy groups -OCH3 is 2. The van der Waals surface area contributed by atoms with Gasteiger partial charge in [-0.05, 0) is 45.9 Å². The summed E-state index contributed by atoms with van der Waals surface area (Å²) in [6.07, 6.45) is 0. The number of aliphatic imine (C=N–C) groups is 1. The first-order valence-corrected chi connectivity index (χ1v) is 10.5. The average molecular weight is 547 g/mol. The molecule has 0 aliphatic carbocycles. The molecule has 0 unspecified atom stereocenters. The Morgan fingerprint density at radius 2 is 1.81 bits per heavy atom. The van der Waals surface area contributed by atoms with Crippen LogP contribution in [0.1, 0.15) is 33.3 Å². The van der Waals surface area contributed by atoms with Crippen molar-refractivity contribution in [1.82, 2.24) is 20.4 Å². The molecule has 0 spiro atoms. The lowest BCUT2D eigenvalue weighted by molar-refractivity contribution is -0.121. The van der Waals surface area contributed by atoms with E-state index in [1.807, 2.05) is 45.9 Å². The lowest BCUT2D eigenvalue weighted by Gasteiger charge is -2.36. The monoisotopic (exact) mass is 547 g/mol. The molecule has 1 fully saturated rings. The molecule has 176 valence electrons. The van der Waals surface area contributed by atoms with Gasteiger partial charge in [-0.15, -0.1) is 24.0 Å². The zero-order valence-corrected chi connectivity index (χ0v) is 22.0. The number of carbonyl (C=O) groups excluding carboxylic acids is 1. The largest absolute Gasteiger partial charge is 0.497 e. The Hall–Kier alpha value is -1.75. The van der Waals surface area contributed by atoms with Crippen molar-refractivity contribution in [2.45, 2.75) is 39.8 Å². The van der Waals surface area contributed by atoms with Gasteiger partial charge in [-0.25, -0.2) is 4.99 Å². The lowest BCUT2D eigenvalue weighted by Crippen LogP contribution is -2.52. The summed E-state index contributed by atoms with van der Waals surface area (Å²) in [5.41, 5.74) is 0.863. The number of amides is 1. The van der Waals surface area contributed by atoms with Crippen LogP contribution in [0.3, 0.4) is 0 Å². The van der Waals surface area contributed by atoms with Gasteiger partial charge in [0.25, 0.3) is 0 Å². The van der Waals surface area contributed by atoms with Crippen molar-refractivity contribution in [3.63, 3.8) is 0 Å². The predicted octanol–water partition coefficient (Wildman–Crippen LogP) is 2.32. The maximum Gasteiger partial charge on any atom is 0.242 e. The number of hydrogen-bond acceptors (Lipinski definition) is 5. The third-order valence-corrected chi connectivity index (χ3v) is 4.78. The van der Waals surface area contributed by atoms with Crippen LogP contribution in [-0.2, 0) is 11.3 Å². The van der Waals surface area contributed by atoms with Crippen LogP contribution in [0.25, 0.3) is 0 Å². The molecule has 1 heterocycles. The summed E-state index contributed by atoms with van der Waals surface area (Å²) in [5, 5.41) is 6.26. The van der Waals surface area contributed by atoms with Gasteiger partial charge in [-0.2, -0.15) is 0 Å². The van der Waals surface area contributed by atoms with Crippen molar-refractivity contribution >= 4 is 35.8 Å². The van der Waals surface area contributed by atoms with E-state index in [2.05, 4.69) is 25.4 Å². The van der Waals surface area contributed by atoms with Crippen molar-refractivity contribution in [3.8, 4) is 11.5 Å². The summed E-state index contributed by atoms with van der Waals surface area (Å²) in [5.74, 6) is 2.43. The average Bonchev–Trinajstić information content (AvgIpc) is 2.70. The second kappa shape index (κ2) is 12.9. The molecule has 1 saturated heterocycles. The van der Waals surface area contributed by atoms with E-state index in [1.165, 1.54) is 0 Å². The number of piperazine rings is 1. The van der Waals surface area contributed by atoms with Gasteiger partial charge < -0.3 is 25.0 Å². The Bertz CT molecular complexity index is 728. The zero-order chi connectivity index (χ0) is 22.1. The molecule has 31 heavy (non-hydrogen) atoms. The van der Waals surface area contributed by atoms with Gasteiger partial charge in [0.15, 0.2) is 5.96 Å². The lowest BCUT2D eigenvalue weighted by atomic mass is 10.1. The fourth-order valence-corrected chi connectivity index (χ4v) is 3.39. The second-order valence-electron chi connectivity index (χ2n) is 8.41. The molecule has 1 aromatic rings. The highest BCUT2D eigenvalue weighted by molar-refractivity contribution is 14.0. The van der Waals surface area contributed by atoms with E-state index in [1.54, 1.807) is 14.2 Å². The Kier molecular flexibility index (Phi) is 11.4. The summed E-state index contributed by atoms with van der Waals surface area (Å²) in [7, 11) is 3.37. The van der Waals surface area contributed by atoms with Crippen LogP contribution < -0.4 is 20.1 Å². The van der Waals surface area contributed by atoms with Crippen molar-refractivity contribution in [3.05, 3.63) is 23.8 Å². The fourth-order valence-electron chi connectivity index (χ4n) is 3.39. The van der Waals surface area contributed by atoms with Crippen LogP contribution >= 0.6 is 24.0 Å². The molecule has 9 heteroatoms. The van der Waals surface area contributed by atoms with E-state index < -0.39 is 0 Å². The summed E-state index contributed by atoms with van der Waals surface area (Å²) in [6, 6.07) is 5.89. The molecule has 8 nitrogen and oxygen atoms in total. The van der Waals surface area contributed by atoms with Gasteiger partial charge in [0.2, 0.25) is 5.91 Å². The number of nitrogens with one attached hydrogen (secondary N) is 2. The maximum atomic E-state index is 12.1.